The summed E-state index contributed by atoms with van der Waals surface area (Å²) < 4.78 is 9.47. The Morgan fingerprint density at radius 1 is 1.26 bits per heavy atom. The Kier molecular flexibility index (Phi) is 7.31. The number of aryl methyl sites for hydroxylation is 2. The highest BCUT2D eigenvalue weighted by molar-refractivity contribution is 5.70. The normalized spacial score (nSPS) is 12.4. The van der Waals surface area contributed by atoms with E-state index in [0.29, 0.717) is 37.0 Å². The number of aromatic nitrogens is 4. The lowest BCUT2D eigenvalue weighted by atomic mass is 10.1. The molecule has 1 unspecified atom stereocenters. The number of carbonyl (C=O) groups excluding carboxylic acids is 1. The highest BCUT2D eigenvalue weighted by Gasteiger charge is 2.15. The second kappa shape index (κ2) is 9.47. The molecule has 10 heteroatoms. The molecular weight excluding hydrogens is 356 g/mol. The van der Waals surface area contributed by atoms with Crippen molar-refractivity contribution in [2.45, 2.75) is 45.3 Å². The molecule has 10 nitrogen and oxygen atoms in total. The minimum Gasteiger partial charge on any atom is -0.463 e. The smallest absolute Gasteiger partial charge is 0.332 e. The van der Waals surface area contributed by atoms with Crippen molar-refractivity contribution < 1.29 is 19.3 Å². The standard InChI is InChI=1S/C17H26N4O6/c1-12(27-13(22)8-10-26-25-4)7-5-6-9-21-16(23)14-15(18-11-19(14)2)20(3)17(21)24/h11-12H,5-10H2,1-4H3. The summed E-state index contributed by atoms with van der Waals surface area (Å²) in [6.45, 7) is 2.25. The van der Waals surface area contributed by atoms with E-state index in [0.717, 1.165) is 0 Å². The largest absolute Gasteiger partial charge is 0.463 e. The second-order valence-electron chi connectivity index (χ2n) is 6.36. The number of rotatable bonds is 10. The van der Waals surface area contributed by atoms with E-state index in [4.69, 9.17) is 4.74 Å². The molecule has 0 aliphatic heterocycles. The van der Waals surface area contributed by atoms with Crippen molar-refractivity contribution in [2.75, 3.05) is 13.7 Å². The van der Waals surface area contributed by atoms with E-state index >= 15 is 0 Å². The third-order valence-corrected chi connectivity index (χ3v) is 4.28. The molecular formula is C17H26N4O6. The molecule has 0 aliphatic carbocycles. The van der Waals surface area contributed by atoms with E-state index < -0.39 is 0 Å². The van der Waals surface area contributed by atoms with E-state index in [2.05, 4.69) is 14.8 Å². The average Bonchev–Trinajstić information content (AvgIpc) is 3.01. The summed E-state index contributed by atoms with van der Waals surface area (Å²) in [5, 5.41) is 0. The van der Waals surface area contributed by atoms with Gasteiger partial charge in [0.2, 0.25) is 0 Å². The van der Waals surface area contributed by atoms with Gasteiger partial charge in [0.05, 0.1) is 32.6 Å². The Morgan fingerprint density at radius 2 is 2.00 bits per heavy atom. The number of esters is 1. The molecule has 0 N–H and O–H groups in total. The van der Waals surface area contributed by atoms with Gasteiger partial charge in [-0.1, -0.05) is 0 Å². The van der Waals surface area contributed by atoms with Gasteiger partial charge in [0, 0.05) is 20.6 Å². The predicted octanol–water partition coefficient (Wildman–Crippen LogP) is 0.504. The van der Waals surface area contributed by atoms with Crippen LogP contribution in [0.3, 0.4) is 0 Å². The number of imidazole rings is 1. The fraction of sp³-hybridized carbons (Fsp3) is 0.647. The van der Waals surface area contributed by atoms with Crippen molar-refractivity contribution in [3.8, 4) is 0 Å². The number of ether oxygens (including phenoxy) is 1. The first-order valence-electron chi connectivity index (χ1n) is 8.82. The summed E-state index contributed by atoms with van der Waals surface area (Å²) in [7, 11) is 4.69. The van der Waals surface area contributed by atoms with Gasteiger partial charge >= 0.3 is 11.7 Å². The second-order valence-corrected chi connectivity index (χ2v) is 6.36. The zero-order chi connectivity index (χ0) is 20.0. The van der Waals surface area contributed by atoms with E-state index in [1.807, 2.05) is 6.92 Å². The lowest BCUT2D eigenvalue weighted by Gasteiger charge is -2.13. The number of hydrogen-bond donors (Lipinski definition) is 0. The maximum Gasteiger partial charge on any atom is 0.332 e. The van der Waals surface area contributed by atoms with Crippen molar-refractivity contribution in [2.24, 2.45) is 14.1 Å². The average molecular weight is 382 g/mol. The highest BCUT2D eigenvalue weighted by atomic mass is 17.2. The SMILES string of the molecule is COOCCC(=O)OC(C)CCCCn1c(=O)c2c(ncn2C)n(C)c1=O. The maximum absolute atomic E-state index is 12.6. The molecule has 0 aromatic carbocycles. The molecule has 0 spiro atoms. The summed E-state index contributed by atoms with van der Waals surface area (Å²) in [6, 6.07) is 0. The Labute approximate surface area is 156 Å². The van der Waals surface area contributed by atoms with Crippen molar-refractivity contribution >= 4 is 17.1 Å². The lowest BCUT2D eigenvalue weighted by molar-refractivity contribution is -0.272. The van der Waals surface area contributed by atoms with Crippen LogP contribution in [0.5, 0.6) is 0 Å². The van der Waals surface area contributed by atoms with Gasteiger partial charge in [0.15, 0.2) is 11.2 Å². The topological polar surface area (TPSA) is 107 Å². The van der Waals surface area contributed by atoms with Crippen molar-refractivity contribution in [3.05, 3.63) is 27.2 Å². The third kappa shape index (κ3) is 5.04. The molecule has 0 fully saturated rings. The lowest BCUT2D eigenvalue weighted by Crippen LogP contribution is -2.39. The maximum atomic E-state index is 12.6. The van der Waals surface area contributed by atoms with Crippen LogP contribution in [0, 0.1) is 0 Å². The fourth-order valence-electron chi connectivity index (χ4n) is 2.85. The van der Waals surface area contributed by atoms with Crippen LogP contribution in [-0.2, 0) is 39.9 Å². The molecule has 0 saturated carbocycles. The van der Waals surface area contributed by atoms with Crippen LogP contribution in [0.4, 0.5) is 0 Å². The van der Waals surface area contributed by atoms with Crippen LogP contribution in [-0.4, -0.2) is 44.5 Å². The van der Waals surface area contributed by atoms with E-state index in [1.165, 1.54) is 22.6 Å². The molecule has 1 atom stereocenters. The predicted molar refractivity (Wildman–Crippen MR) is 97.2 cm³/mol. The Bertz CT molecular complexity index is 897. The summed E-state index contributed by atoms with van der Waals surface area (Å²) in [5.74, 6) is -0.355. The van der Waals surface area contributed by atoms with Crippen molar-refractivity contribution in [3.63, 3.8) is 0 Å². The molecule has 2 aromatic rings. The Hall–Kier alpha value is -2.46. The Morgan fingerprint density at radius 3 is 2.70 bits per heavy atom. The van der Waals surface area contributed by atoms with Gasteiger partial charge in [0.25, 0.3) is 5.56 Å². The number of nitrogens with zero attached hydrogens (tertiary/aromatic N) is 4. The van der Waals surface area contributed by atoms with Gasteiger partial charge in [-0.2, -0.15) is 0 Å². The summed E-state index contributed by atoms with van der Waals surface area (Å²) in [5.41, 5.74) is 0.0500. The van der Waals surface area contributed by atoms with Crippen LogP contribution in [0.15, 0.2) is 15.9 Å². The van der Waals surface area contributed by atoms with Crippen LogP contribution < -0.4 is 11.2 Å². The molecule has 2 rings (SSSR count). The van der Waals surface area contributed by atoms with Crippen LogP contribution in [0.2, 0.25) is 0 Å². The first-order chi connectivity index (χ1) is 12.9. The van der Waals surface area contributed by atoms with Crippen molar-refractivity contribution in [1.29, 1.82) is 0 Å². The van der Waals surface area contributed by atoms with E-state index in [9.17, 15) is 14.4 Å². The molecule has 0 radical (unpaired) electrons. The monoisotopic (exact) mass is 382 g/mol. The quantitative estimate of drug-likeness (QED) is 0.255. The zero-order valence-electron chi connectivity index (χ0n) is 16.1. The molecule has 0 saturated heterocycles. The first-order valence-corrected chi connectivity index (χ1v) is 8.82. The van der Waals surface area contributed by atoms with Gasteiger partial charge in [-0.3, -0.25) is 18.7 Å². The summed E-state index contributed by atoms with van der Waals surface area (Å²) >= 11 is 0. The van der Waals surface area contributed by atoms with Gasteiger partial charge in [-0.15, -0.1) is 0 Å². The van der Waals surface area contributed by atoms with Gasteiger partial charge < -0.3 is 9.30 Å². The number of unbranched alkanes of at least 4 members (excludes halogenated alkanes) is 1. The minimum absolute atomic E-state index is 0.119. The highest BCUT2D eigenvalue weighted by Crippen LogP contribution is 2.07. The number of fused-ring (bicyclic) bond motifs is 1. The molecule has 27 heavy (non-hydrogen) atoms. The zero-order valence-corrected chi connectivity index (χ0v) is 16.1. The summed E-state index contributed by atoms with van der Waals surface area (Å²) in [6.07, 6.45) is 3.35. The van der Waals surface area contributed by atoms with Crippen molar-refractivity contribution in [1.82, 2.24) is 18.7 Å². The van der Waals surface area contributed by atoms with Gasteiger partial charge in [-0.25, -0.2) is 19.6 Å². The minimum atomic E-state index is -0.385. The molecule has 2 heterocycles. The third-order valence-electron chi connectivity index (χ3n) is 4.28. The molecule has 2 aromatic heterocycles. The molecule has 0 amide bonds. The van der Waals surface area contributed by atoms with Gasteiger partial charge in [-0.05, 0) is 26.2 Å². The number of carbonyl (C=O) groups is 1. The number of hydrogen-bond acceptors (Lipinski definition) is 7. The summed E-state index contributed by atoms with van der Waals surface area (Å²) in [4.78, 5) is 49.7. The first kappa shape index (κ1) is 20.8. The Balaban J connectivity index is 1.89. The van der Waals surface area contributed by atoms with Crippen LogP contribution in [0.25, 0.3) is 11.2 Å². The van der Waals surface area contributed by atoms with Crippen LogP contribution in [0.1, 0.15) is 32.6 Å². The van der Waals surface area contributed by atoms with E-state index in [-0.39, 0.29) is 36.3 Å². The molecule has 0 aliphatic rings. The molecule has 150 valence electrons. The fourth-order valence-corrected chi connectivity index (χ4v) is 2.85. The van der Waals surface area contributed by atoms with Gasteiger partial charge in [0.1, 0.15) is 0 Å². The molecule has 0 bridgehead atoms. The van der Waals surface area contributed by atoms with Crippen LogP contribution >= 0.6 is 0 Å². The van der Waals surface area contributed by atoms with E-state index in [1.54, 1.807) is 18.7 Å².